The number of benzene rings is 1. The van der Waals surface area contributed by atoms with Gasteiger partial charge in [-0.3, -0.25) is 0 Å². The summed E-state index contributed by atoms with van der Waals surface area (Å²) < 4.78 is 5.40. The van der Waals surface area contributed by atoms with Crippen LogP contribution in [0, 0.1) is 0 Å². The van der Waals surface area contributed by atoms with Crippen molar-refractivity contribution < 1.29 is 4.74 Å². The number of ether oxygens (including phenoxy) is 1. The molecule has 0 radical (unpaired) electrons. The highest BCUT2D eigenvalue weighted by Crippen LogP contribution is 2.21. The van der Waals surface area contributed by atoms with Crippen LogP contribution in [0.3, 0.4) is 0 Å². The predicted octanol–water partition coefficient (Wildman–Crippen LogP) is 1.79. The number of nitrogens with zero attached hydrogens (tertiary/aromatic N) is 1. The Labute approximate surface area is 104 Å². The van der Waals surface area contributed by atoms with E-state index >= 15 is 0 Å². The molecular formula is C14H22N2O. The van der Waals surface area contributed by atoms with E-state index < -0.39 is 0 Å². The van der Waals surface area contributed by atoms with Gasteiger partial charge in [-0.25, -0.2) is 0 Å². The Morgan fingerprint density at radius 2 is 2.06 bits per heavy atom. The molecule has 17 heavy (non-hydrogen) atoms. The molecule has 0 aromatic heterocycles. The fourth-order valence-electron chi connectivity index (χ4n) is 2.44. The predicted molar refractivity (Wildman–Crippen MR) is 70.3 cm³/mol. The normalized spacial score (nSPS) is 16.4. The molecule has 0 amide bonds. The van der Waals surface area contributed by atoms with E-state index in [1.807, 2.05) is 12.1 Å². The minimum atomic E-state index is 0.598. The van der Waals surface area contributed by atoms with E-state index in [-0.39, 0.29) is 0 Å². The molecule has 1 aromatic rings. The quantitative estimate of drug-likeness (QED) is 0.844. The molecule has 0 saturated carbocycles. The van der Waals surface area contributed by atoms with Gasteiger partial charge in [0, 0.05) is 13.1 Å². The smallest absolute Gasteiger partial charge is 0.122 e. The van der Waals surface area contributed by atoms with Crippen molar-refractivity contribution in [2.24, 2.45) is 5.73 Å². The zero-order chi connectivity index (χ0) is 12.1. The molecule has 1 fully saturated rings. The van der Waals surface area contributed by atoms with Crippen LogP contribution in [-0.2, 0) is 13.0 Å². The zero-order valence-corrected chi connectivity index (χ0v) is 10.6. The Balaban J connectivity index is 2.01. The van der Waals surface area contributed by atoms with Gasteiger partial charge in [-0.05, 0) is 49.5 Å². The Morgan fingerprint density at radius 1 is 1.29 bits per heavy atom. The van der Waals surface area contributed by atoms with Crippen molar-refractivity contribution in [1.29, 1.82) is 0 Å². The van der Waals surface area contributed by atoms with Crippen molar-refractivity contribution in [3.8, 4) is 5.75 Å². The lowest BCUT2D eigenvalue weighted by Gasteiger charge is -2.16. The number of rotatable bonds is 5. The first-order valence-corrected chi connectivity index (χ1v) is 6.41. The SMILES string of the molecule is COc1ccc(CN)cc1CCN1CCCC1. The second-order valence-corrected chi connectivity index (χ2v) is 4.65. The van der Waals surface area contributed by atoms with Gasteiger partial charge in [-0.1, -0.05) is 12.1 Å². The highest BCUT2D eigenvalue weighted by atomic mass is 16.5. The molecule has 2 rings (SSSR count). The van der Waals surface area contributed by atoms with Crippen molar-refractivity contribution in [2.75, 3.05) is 26.7 Å². The van der Waals surface area contributed by atoms with E-state index in [2.05, 4.69) is 11.0 Å². The summed E-state index contributed by atoms with van der Waals surface area (Å²) >= 11 is 0. The minimum absolute atomic E-state index is 0.598. The number of hydrogen-bond acceptors (Lipinski definition) is 3. The fourth-order valence-corrected chi connectivity index (χ4v) is 2.44. The van der Waals surface area contributed by atoms with Crippen LogP contribution in [0.25, 0.3) is 0 Å². The maximum Gasteiger partial charge on any atom is 0.122 e. The standard InChI is InChI=1S/C14H22N2O/c1-17-14-5-4-12(11-15)10-13(14)6-9-16-7-2-3-8-16/h4-5,10H,2-3,6-9,11,15H2,1H3. The summed E-state index contributed by atoms with van der Waals surface area (Å²) in [4.78, 5) is 2.52. The molecule has 3 heteroatoms. The Morgan fingerprint density at radius 3 is 2.71 bits per heavy atom. The largest absolute Gasteiger partial charge is 0.496 e. The van der Waals surface area contributed by atoms with E-state index in [4.69, 9.17) is 10.5 Å². The second-order valence-electron chi connectivity index (χ2n) is 4.65. The van der Waals surface area contributed by atoms with Crippen LogP contribution in [0.1, 0.15) is 24.0 Å². The third-order valence-corrected chi connectivity index (χ3v) is 3.48. The van der Waals surface area contributed by atoms with Gasteiger partial charge < -0.3 is 15.4 Å². The average Bonchev–Trinajstić information content (AvgIpc) is 2.89. The lowest BCUT2D eigenvalue weighted by molar-refractivity contribution is 0.339. The molecule has 0 spiro atoms. The van der Waals surface area contributed by atoms with E-state index in [0.717, 1.165) is 18.7 Å². The lowest BCUT2D eigenvalue weighted by atomic mass is 10.1. The molecule has 1 saturated heterocycles. The first kappa shape index (κ1) is 12.4. The molecule has 3 nitrogen and oxygen atoms in total. The van der Waals surface area contributed by atoms with Gasteiger partial charge in [0.25, 0.3) is 0 Å². The van der Waals surface area contributed by atoms with Crippen LogP contribution in [0.15, 0.2) is 18.2 Å². The Kier molecular flexibility index (Phi) is 4.40. The minimum Gasteiger partial charge on any atom is -0.496 e. The van der Waals surface area contributed by atoms with Gasteiger partial charge >= 0.3 is 0 Å². The molecule has 1 heterocycles. The number of likely N-dealkylation sites (tertiary alicyclic amines) is 1. The Bertz CT molecular complexity index is 359. The number of methoxy groups -OCH3 is 1. The van der Waals surface area contributed by atoms with Gasteiger partial charge in [0.15, 0.2) is 0 Å². The van der Waals surface area contributed by atoms with Crippen molar-refractivity contribution in [1.82, 2.24) is 4.90 Å². The van der Waals surface area contributed by atoms with Crippen molar-refractivity contribution >= 4 is 0 Å². The average molecular weight is 234 g/mol. The maximum absolute atomic E-state index is 5.68. The van der Waals surface area contributed by atoms with Gasteiger partial charge in [-0.15, -0.1) is 0 Å². The van der Waals surface area contributed by atoms with Gasteiger partial charge in [0.05, 0.1) is 7.11 Å². The summed E-state index contributed by atoms with van der Waals surface area (Å²) in [5, 5.41) is 0. The van der Waals surface area contributed by atoms with Crippen molar-refractivity contribution in [3.63, 3.8) is 0 Å². The van der Waals surface area contributed by atoms with Crippen LogP contribution in [0.5, 0.6) is 5.75 Å². The molecule has 2 N–H and O–H groups in total. The number of nitrogens with two attached hydrogens (primary N) is 1. The monoisotopic (exact) mass is 234 g/mol. The second kappa shape index (κ2) is 6.03. The van der Waals surface area contributed by atoms with E-state index in [0.29, 0.717) is 6.54 Å². The molecular weight excluding hydrogens is 212 g/mol. The fraction of sp³-hybridized carbons (Fsp3) is 0.571. The molecule has 0 bridgehead atoms. The summed E-state index contributed by atoms with van der Waals surface area (Å²) in [6.45, 7) is 4.23. The topological polar surface area (TPSA) is 38.5 Å². The van der Waals surface area contributed by atoms with Gasteiger partial charge in [0.2, 0.25) is 0 Å². The van der Waals surface area contributed by atoms with Crippen LogP contribution in [0.4, 0.5) is 0 Å². The van der Waals surface area contributed by atoms with Crippen LogP contribution in [-0.4, -0.2) is 31.6 Å². The van der Waals surface area contributed by atoms with E-state index in [9.17, 15) is 0 Å². The molecule has 0 aliphatic carbocycles. The summed E-state index contributed by atoms with van der Waals surface area (Å²) in [5.41, 5.74) is 8.14. The van der Waals surface area contributed by atoms with Crippen molar-refractivity contribution in [2.45, 2.75) is 25.8 Å². The third-order valence-electron chi connectivity index (χ3n) is 3.48. The van der Waals surface area contributed by atoms with E-state index in [1.54, 1.807) is 7.11 Å². The maximum atomic E-state index is 5.68. The zero-order valence-electron chi connectivity index (χ0n) is 10.6. The highest BCUT2D eigenvalue weighted by Gasteiger charge is 2.12. The summed E-state index contributed by atoms with van der Waals surface area (Å²) in [7, 11) is 1.73. The third kappa shape index (κ3) is 3.20. The molecule has 1 aliphatic heterocycles. The van der Waals surface area contributed by atoms with Gasteiger partial charge in [0.1, 0.15) is 5.75 Å². The summed E-state index contributed by atoms with van der Waals surface area (Å²) in [6.07, 6.45) is 3.75. The van der Waals surface area contributed by atoms with Crippen LogP contribution in [0.2, 0.25) is 0 Å². The summed E-state index contributed by atoms with van der Waals surface area (Å²) in [6, 6.07) is 6.24. The first-order chi connectivity index (χ1) is 8.33. The molecule has 0 unspecified atom stereocenters. The molecule has 0 atom stereocenters. The van der Waals surface area contributed by atoms with E-state index in [1.165, 1.54) is 37.1 Å². The van der Waals surface area contributed by atoms with Crippen molar-refractivity contribution in [3.05, 3.63) is 29.3 Å². The van der Waals surface area contributed by atoms with Crippen LogP contribution >= 0.6 is 0 Å². The molecule has 1 aliphatic rings. The Hall–Kier alpha value is -1.06. The molecule has 1 aromatic carbocycles. The highest BCUT2D eigenvalue weighted by molar-refractivity contribution is 5.37. The molecule has 94 valence electrons. The first-order valence-electron chi connectivity index (χ1n) is 6.41. The number of hydrogen-bond donors (Lipinski definition) is 1. The van der Waals surface area contributed by atoms with Crippen LogP contribution < -0.4 is 10.5 Å². The van der Waals surface area contributed by atoms with Gasteiger partial charge in [-0.2, -0.15) is 0 Å². The lowest BCUT2D eigenvalue weighted by Crippen LogP contribution is -2.22. The summed E-state index contributed by atoms with van der Waals surface area (Å²) in [5.74, 6) is 0.987.